The van der Waals surface area contributed by atoms with E-state index in [2.05, 4.69) is 20.8 Å². The van der Waals surface area contributed by atoms with Crippen molar-refractivity contribution in [3.8, 4) is 0 Å². The standard InChI is InChI=1S/C11H18N4O4S/c1-7-13-9(15-19-7)3-5-12-11(18)14-8(10(16)17)4-6-20-2/h8H,3-6H2,1-2H3,(H,16,17)(H2,12,14,18)/t8-/m0/s1. The molecule has 0 aliphatic rings. The topological polar surface area (TPSA) is 117 Å². The average molecular weight is 302 g/mol. The summed E-state index contributed by atoms with van der Waals surface area (Å²) in [5.41, 5.74) is 0. The number of hydrogen-bond donors (Lipinski definition) is 3. The van der Waals surface area contributed by atoms with Gasteiger partial charge in [-0.25, -0.2) is 9.59 Å². The molecule has 0 unspecified atom stereocenters. The number of nitrogens with zero attached hydrogens (tertiary/aromatic N) is 2. The molecule has 3 N–H and O–H groups in total. The lowest BCUT2D eigenvalue weighted by Crippen LogP contribution is -2.46. The first kappa shape index (κ1) is 16.3. The number of amides is 2. The summed E-state index contributed by atoms with van der Waals surface area (Å²) in [6, 6.07) is -1.39. The first-order chi connectivity index (χ1) is 9.52. The maximum Gasteiger partial charge on any atom is 0.326 e. The zero-order valence-electron chi connectivity index (χ0n) is 11.4. The van der Waals surface area contributed by atoms with Crippen molar-refractivity contribution in [2.45, 2.75) is 25.8 Å². The quantitative estimate of drug-likeness (QED) is 0.637. The number of carbonyl (C=O) groups is 2. The van der Waals surface area contributed by atoms with Crippen molar-refractivity contribution < 1.29 is 19.2 Å². The SMILES string of the molecule is CSCC[C@H](NC(=O)NCCc1noc(C)n1)C(=O)O. The number of urea groups is 1. The van der Waals surface area contributed by atoms with E-state index < -0.39 is 18.0 Å². The molecule has 1 aromatic heterocycles. The van der Waals surface area contributed by atoms with Crippen LogP contribution in [0.4, 0.5) is 4.79 Å². The van der Waals surface area contributed by atoms with E-state index in [4.69, 9.17) is 9.63 Å². The fourth-order valence-corrected chi connectivity index (χ4v) is 1.90. The Morgan fingerprint density at radius 1 is 1.50 bits per heavy atom. The lowest BCUT2D eigenvalue weighted by atomic mass is 10.2. The summed E-state index contributed by atoms with van der Waals surface area (Å²) in [5, 5.41) is 17.6. The second-order valence-electron chi connectivity index (χ2n) is 4.05. The molecule has 20 heavy (non-hydrogen) atoms. The van der Waals surface area contributed by atoms with Gasteiger partial charge in [-0.3, -0.25) is 0 Å². The van der Waals surface area contributed by atoms with Gasteiger partial charge < -0.3 is 20.3 Å². The number of hydrogen-bond acceptors (Lipinski definition) is 6. The smallest absolute Gasteiger partial charge is 0.326 e. The van der Waals surface area contributed by atoms with E-state index in [0.29, 0.717) is 36.9 Å². The highest BCUT2D eigenvalue weighted by molar-refractivity contribution is 7.98. The summed E-state index contributed by atoms with van der Waals surface area (Å²) in [6.45, 7) is 1.99. The Bertz CT molecular complexity index is 451. The molecule has 0 aliphatic heterocycles. The number of rotatable bonds is 8. The van der Waals surface area contributed by atoms with Crippen LogP contribution in [0.25, 0.3) is 0 Å². The van der Waals surface area contributed by atoms with Gasteiger partial charge in [0.15, 0.2) is 5.82 Å². The van der Waals surface area contributed by atoms with Gasteiger partial charge in [0.1, 0.15) is 6.04 Å². The van der Waals surface area contributed by atoms with Gasteiger partial charge in [0.25, 0.3) is 0 Å². The number of carboxylic acids is 1. The number of aromatic nitrogens is 2. The van der Waals surface area contributed by atoms with Crippen LogP contribution in [0, 0.1) is 6.92 Å². The predicted octanol–water partition coefficient (Wildman–Crippen LogP) is 0.426. The van der Waals surface area contributed by atoms with Crippen LogP contribution in [0.3, 0.4) is 0 Å². The second kappa shape index (κ2) is 8.41. The summed E-state index contributed by atoms with van der Waals surface area (Å²) in [6.07, 6.45) is 2.69. The summed E-state index contributed by atoms with van der Waals surface area (Å²) in [4.78, 5) is 26.5. The van der Waals surface area contributed by atoms with E-state index in [-0.39, 0.29) is 0 Å². The number of aliphatic carboxylic acids is 1. The monoisotopic (exact) mass is 302 g/mol. The van der Waals surface area contributed by atoms with Crippen molar-refractivity contribution in [2.24, 2.45) is 0 Å². The molecule has 9 heteroatoms. The number of nitrogens with one attached hydrogen (secondary N) is 2. The summed E-state index contributed by atoms with van der Waals surface area (Å²) in [5.74, 6) is 0.592. The highest BCUT2D eigenvalue weighted by Gasteiger charge is 2.19. The first-order valence-corrected chi connectivity index (χ1v) is 7.47. The molecule has 0 fully saturated rings. The van der Waals surface area contributed by atoms with E-state index in [1.165, 1.54) is 11.8 Å². The summed E-state index contributed by atoms with van der Waals surface area (Å²) >= 11 is 1.53. The minimum atomic E-state index is -1.04. The Morgan fingerprint density at radius 2 is 2.25 bits per heavy atom. The Balaban J connectivity index is 2.28. The minimum absolute atomic E-state index is 0.305. The normalized spacial score (nSPS) is 11.9. The molecule has 1 atom stereocenters. The van der Waals surface area contributed by atoms with Gasteiger partial charge in [-0.2, -0.15) is 16.7 Å². The van der Waals surface area contributed by atoms with Gasteiger partial charge in [-0.05, 0) is 18.4 Å². The van der Waals surface area contributed by atoms with Crippen LogP contribution < -0.4 is 10.6 Å². The van der Waals surface area contributed by atoms with Crippen molar-refractivity contribution in [3.05, 3.63) is 11.7 Å². The van der Waals surface area contributed by atoms with Crippen LogP contribution in [-0.4, -0.2) is 51.8 Å². The van der Waals surface area contributed by atoms with Crippen LogP contribution >= 0.6 is 11.8 Å². The molecular formula is C11H18N4O4S. The number of thioether (sulfide) groups is 1. The maximum absolute atomic E-state index is 11.6. The van der Waals surface area contributed by atoms with Crippen LogP contribution in [0.2, 0.25) is 0 Å². The third-order valence-corrected chi connectivity index (χ3v) is 3.06. The fraction of sp³-hybridized carbons (Fsp3) is 0.636. The van der Waals surface area contributed by atoms with E-state index in [0.717, 1.165) is 0 Å². The van der Waals surface area contributed by atoms with Crippen molar-refractivity contribution in [2.75, 3.05) is 18.6 Å². The number of aryl methyl sites for hydroxylation is 1. The van der Waals surface area contributed by atoms with Gasteiger partial charge in [-0.15, -0.1) is 0 Å². The first-order valence-electron chi connectivity index (χ1n) is 6.08. The molecule has 8 nitrogen and oxygen atoms in total. The molecule has 112 valence electrons. The lowest BCUT2D eigenvalue weighted by Gasteiger charge is -2.14. The fourth-order valence-electron chi connectivity index (χ4n) is 1.43. The largest absolute Gasteiger partial charge is 0.480 e. The highest BCUT2D eigenvalue weighted by atomic mass is 32.2. The van der Waals surface area contributed by atoms with Crippen molar-refractivity contribution >= 4 is 23.8 Å². The second-order valence-corrected chi connectivity index (χ2v) is 5.04. The third kappa shape index (κ3) is 5.91. The maximum atomic E-state index is 11.6. The summed E-state index contributed by atoms with van der Waals surface area (Å²) < 4.78 is 4.79. The van der Waals surface area contributed by atoms with Gasteiger partial charge in [0.2, 0.25) is 5.89 Å². The molecule has 0 bridgehead atoms. The summed E-state index contributed by atoms with van der Waals surface area (Å²) in [7, 11) is 0. The predicted molar refractivity (Wildman–Crippen MR) is 73.7 cm³/mol. The Morgan fingerprint density at radius 3 is 2.80 bits per heavy atom. The van der Waals surface area contributed by atoms with Crippen molar-refractivity contribution in [1.82, 2.24) is 20.8 Å². The van der Waals surface area contributed by atoms with Gasteiger partial charge in [0, 0.05) is 19.9 Å². The molecule has 0 aliphatic carbocycles. The molecule has 1 rings (SSSR count). The third-order valence-electron chi connectivity index (χ3n) is 2.42. The zero-order chi connectivity index (χ0) is 15.0. The van der Waals surface area contributed by atoms with E-state index in [9.17, 15) is 9.59 Å². The molecule has 0 radical (unpaired) electrons. The molecule has 0 saturated heterocycles. The molecule has 1 aromatic rings. The Labute approximate surface area is 120 Å². The zero-order valence-corrected chi connectivity index (χ0v) is 12.2. The van der Waals surface area contributed by atoms with Crippen LogP contribution in [0.1, 0.15) is 18.1 Å². The van der Waals surface area contributed by atoms with Gasteiger partial charge in [0.05, 0.1) is 0 Å². The molecule has 0 spiro atoms. The lowest BCUT2D eigenvalue weighted by molar-refractivity contribution is -0.139. The molecule has 0 saturated carbocycles. The van der Waals surface area contributed by atoms with Crippen LogP contribution in [0.5, 0.6) is 0 Å². The molecule has 2 amide bonds. The molecule has 1 heterocycles. The Kier molecular flexibility index (Phi) is 6.85. The van der Waals surface area contributed by atoms with E-state index >= 15 is 0 Å². The van der Waals surface area contributed by atoms with Crippen LogP contribution in [-0.2, 0) is 11.2 Å². The number of carbonyl (C=O) groups excluding carboxylic acids is 1. The average Bonchev–Trinajstić information content (AvgIpc) is 2.80. The molecular weight excluding hydrogens is 284 g/mol. The molecule has 0 aromatic carbocycles. The van der Waals surface area contributed by atoms with Gasteiger partial charge >= 0.3 is 12.0 Å². The van der Waals surface area contributed by atoms with E-state index in [1.54, 1.807) is 6.92 Å². The number of carboxylic acid groups (broad SMARTS) is 1. The van der Waals surface area contributed by atoms with Gasteiger partial charge in [-0.1, -0.05) is 5.16 Å². The highest BCUT2D eigenvalue weighted by Crippen LogP contribution is 2.01. The van der Waals surface area contributed by atoms with Crippen molar-refractivity contribution in [1.29, 1.82) is 0 Å². The van der Waals surface area contributed by atoms with Crippen molar-refractivity contribution in [3.63, 3.8) is 0 Å². The minimum Gasteiger partial charge on any atom is -0.480 e. The van der Waals surface area contributed by atoms with Crippen LogP contribution in [0.15, 0.2) is 4.52 Å². The van der Waals surface area contributed by atoms with E-state index in [1.807, 2.05) is 6.26 Å². The Hall–Kier alpha value is -1.77.